The van der Waals surface area contributed by atoms with Gasteiger partial charge in [-0.2, -0.15) is 0 Å². The van der Waals surface area contributed by atoms with Gasteiger partial charge in [0.25, 0.3) is 0 Å². The molecule has 0 aliphatic heterocycles. The van der Waals surface area contributed by atoms with Crippen molar-refractivity contribution >= 4 is 45.5 Å². The number of ether oxygens (including phenoxy) is 1. The van der Waals surface area contributed by atoms with Gasteiger partial charge >= 0.3 is 5.97 Å². The highest BCUT2D eigenvalue weighted by atomic mass is 35.5. The quantitative estimate of drug-likeness (QED) is 0.409. The van der Waals surface area contributed by atoms with E-state index in [2.05, 4.69) is 6.92 Å². The van der Waals surface area contributed by atoms with Crippen LogP contribution in [0.1, 0.15) is 23.0 Å². The molecule has 0 unspecified atom stereocenters. The van der Waals surface area contributed by atoms with Crippen molar-refractivity contribution in [2.24, 2.45) is 0 Å². The number of aryl methyl sites for hydroxylation is 1. The topological polar surface area (TPSA) is 59.7 Å². The minimum absolute atomic E-state index is 0.383. The number of aromatic nitrogens is 3. The molecule has 0 atom stereocenters. The molecule has 0 amide bonds. The zero-order chi connectivity index (χ0) is 20.5. The van der Waals surface area contributed by atoms with Crippen molar-refractivity contribution in [3.05, 3.63) is 64.3 Å². The third kappa shape index (κ3) is 3.59. The molecule has 6 nitrogen and oxygen atoms in total. The highest BCUT2D eigenvalue weighted by molar-refractivity contribution is 7.14. The van der Waals surface area contributed by atoms with Crippen LogP contribution in [0.3, 0.4) is 0 Å². The van der Waals surface area contributed by atoms with Gasteiger partial charge in [-0.3, -0.25) is 4.40 Å². The summed E-state index contributed by atoms with van der Waals surface area (Å²) in [6.45, 7) is 2.06. The van der Waals surface area contributed by atoms with Gasteiger partial charge < -0.3 is 9.64 Å². The van der Waals surface area contributed by atoms with Gasteiger partial charge in [-0.05, 0) is 30.7 Å². The third-order valence-electron chi connectivity index (χ3n) is 4.66. The number of carbonyl (C=O) groups is 1. The van der Waals surface area contributed by atoms with E-state index in [0.29, 0.717) is 10.6 Å². The molecular weight excluding hydrogens is 408 g/mol. The minimum atomic E-state index is -0.383. The highest BCUT2D eigenvalue weighted by Crippen LogP contribution is 2.34. The van der Waals surface area contributed by atoms with Gasteiger partial charge in [0.2, 0.25) is 0 Å². The molecule has 0 aliphatic rings. The molecule has 0 radical (unpaired) electrons. The zero-order valence-corrected chi connectivity index (χ0v) is 17.8. The number of benzene rings is 1. The molecule has 0 N–H and O–H groups in total. The lowest BCUT2D eigenvalue weighted by Gasteiger charge is -2.17. The van der Waals surface area contributed by atoms with Crippen LogP contribution in [-0.2, 0) is 11.2 Å². The van der Waals surface area contributed by atoms with Gasteiger partial charge in [0.05, 0.1) is 24.1 Å². The van der Waals surface area contributed by atoms with E-state index in [1.807, 2.05) is 52.1 Å². The second-order valence-electron chi connectivity index (χ2n) is 6.45. The molecule has 1 aromatic carbocycles. The number of anilines is 2. The maximum Gasteiger partial charge on any atom is 0.339 e. The molecule has 0 saturated carbocycles. The normalized spacial score (nSPS) is 11.0. The Kier molecular flexibility index (Phi) is 5.25. The van der Waals surface area contributed by atoms with Crippen LogP contribution < -0.4 is 4.90 Å². The Morgan fingerprint density at radius 1 is 1.21 bits per heavy atom. The lowest BCUT2D eigenvalue weighted by atomic mass is 10.2. The average Bonchev–Trinajstić information content (AvgIpc) is 3.37. The summed E-state index contributed by atoms with van der Waals surface area (Å²) in [5, 5.41) is 3.54. The predicted octanol–water partition coefficient (Wildman–Crippen LogP) is 5.23. The van der Waals surface area contributed by atoms with E-state index in [0.717, 1.165) is 40.0 Å². The number of imidazole rings is 1. The fraction of sp³-hybridized carbons (Fsp3) is 0.190. The monoisotopic (exact) mass is 426 g/mol. The van der Waals surface area contributed by atoms with E-state index < -0.39 is 0 Å². The van der Waals surface area contributed by atoms with Gasteiger partial charge in [-0.25, -0.2) is 14.8 Å². The largest absolute Gasteiger partial charge is 0.465 e. The first-order valence-electron chi connectivity index (χ1n) is 9.06. The van der Waals surface area contributed by atoms with E-state index in [9.17, 15) is 4.79 Å². The van der Waals surface area contributed by atoms with Crippen LogP contribution >= 0.6 is 22.9 Å². The molecule has 0 spiro atoms. The van der Waals surface area contributed by atoms with Crippen molar-refractivity contribution in [1.29, 1.82) is 0 Å². The molecule has 4 aromatic rings. The Hall–Kier alpha value is -2.90. The third-order valence-corrected chi connectivity index (χ3v) is 5.82. The molecule has 3 heterocycles. The maximum absolute atomic E-state index is 12.0. The van der Waals surface area contributed by atoms with Gasteiger partial charge in [-0.1, -0.05) is 30.7 Å². The van der Waals surface area contributed by atoms with Crippen molar-refractivity contribution < 1.29 is 9.53 Å². The van der Waals surface area contributed by atoms with Crippen LogP contribution in [0.2, 0.25) is 5.02 Å². The Balaban J connectivity index is 1.77. The highest BCUT2D eigenvalue weighted by Gasteiger charge is 2.20. The summed E-state index contributed by atoms with van der Waals surface area (Å²) in [6.07, 6.45) is 2.51. The fourth-order valence-electron chi connectivity index (χ4n) is 3.17. The van der Waals surface area contributed by atoms with E-state index in [1.54, 1.807) is 23.6 Å². The summed E-state index contributed by atoms with van der Waals surface area (Å²) in [7, 11) is 3.33. The van der Waals surface area contributed by atoms with Crippen LogP contribution in [0.4, 0.5) is 10.9 Å². The number of fused-ring (bicyclic) bond motifs is 1. The molecule has 4 rings (SSSR count). The van der Waals surface area contributed by atoms with Gasteiger partial charge in [0.1, 0.15) is 11.5 Å². The number of thiazole rings is 1. The molecule has 3 aromatic heterocycles. The van der Waals surface area contributed by atoms with E-state index >= 15 is 0 Å². The molecular formula is C21H19ClN4O2S. The molecule has 29 heavy (non-hydrogen) atoms. The van der Waals surface area contributed by atoms with Crippen molar-refractivity contribution in [2.45, 2.75) is 13.3 Å². The van der Waals surface area contributed by atoms with Crippen LogP contribution in [0.15, 0.2) is 48.0 Å². The second-order valence-corrected chi connectivity index (χ2v) is 7.73. The van der Waals surface area contributed by atoms with Crippen molar-refractivity contribution in [1.82, 2.24) is 14.4 Å². The van der Waals surface area contributed by atoms with Crippen molar-refractivity contribution in [3.63, 3.8) is 0 Å². The molecule has 0 fully saturated rings. The summed E-state index contributed by atoms with van der Waals surface area (Å²) in [5.41, 5.74) is 4.06. The smallest absolute Gasteiger partial charge is 0.339 e. The number of hydrogen-bond acceptors (Lipinski definition) is 6. The number of carbonyl (C=O) groups excluding carboxylic acids is 1. The molecule has 148 valence electrons. The summed E-state index contributed by atoms with van der Waals surface area (Å²) in [4.78, 5) is 23.5. The first kappa shape index (κ1) is 19.4. The Morgan fingerprint density at radius 3 is 2.66 bits per heavy atom. The van der Waals surface area contributed by atoms with Gasteiger partial charge in [0, 0.05) is 29.2 Å². The SMILES string of the molecule is CCc1nc2ccc(C(=O)OC)cn2c1N(C)c1nc(-c2ccc(Cl)cc2)cs1. The number of methoxy groups -OCH3 is 1. The molecule has 8 heteroatoms. The standard InChI is InChI=1S/C21H19ClN4O2S/c1-4-16-19(26-11-14(20(27)28-3)7-10-18(26)23-16)25(2)21-24-17(12-29-21)13-5-8-15(22)9-6-13/h5-12H,4H2,1-3H3. The van der Waals surface area contributed by atoms with E-state index in [4.69, 9.17) is 26.3 Å². The fourth-order valence-corrected chi connectivity index (χ4v) is 4.10. The van der Waals surface area contributed by atoms with Gasteiger partial charge in [0.15, 0.2) is 5.13 Å². The maximum atomic E-state index is 12.0. The molecule has 0 saturated heterocycles. The number of nitrogens with zero attached hydrogens (tertiary/aromatic N) is 4. The van der Waals surface area contributed by atoms with Crippen LogP contribution in [0.25, 0.3) is 16.9 Å². The lowest BCUT2D eigenvalue weighted by molar-refractivity contribution is 0.0600. The Morgan fingerprint density at radius 2 is 1.97 bits per heavy atom. The first-order chi connectivity index (χ1) is 14.0. The Labute approximate surface area is 177 Å². The number of halogens is 1. The predicted molar refractivity (Wildman–Crippen MR) is 117 cm³/mol. The summed E-state index contributed by atoms with van der Waals surface area (Å²) in [6, 6.07) is 11.2. The Bertz CT molecular complexity index is 1180. The van der Waals surface area contributed by atoms with Crippen LogP contribution in [0, 0.1) is 0 Å². The minimum Gasteiger partial charge on any atom is -0.465 e. The van der Waals surface area contributed by atoms with Crippen molar-refractivity contribution in [3.8, 4) is 11.3 Å². The first-order valence-corrected chi connectivity index (χ1v) is 10.3. The zero-order valence-electron chi connectivity index (χ0n) is 16.2. The molecule has 0 aliphatic carbocycles. The second kappa shape index (κ2) is 7.85. The van der Waals surface area contributed by atoms with Gasteiger partial charge in [-0.15, -0.1) is 11.3 Å². The lowest BCUT2D eigenvalue weighted by Crippen LogP contribution is -2.14. The van der Waals surface area contributed by atoms with E-state index in [1.165, 1.54) is 7.11 Å². The van der Waals surface area contributed by atoms with Crippen molar-refractivity contribution in [2.75, 3.05) is 19.1 Å². The van der Waals surface area contributed by atoms with Crippen LogP contribution in [-0.4, -0.2) is 34.5 Å². The van der Waals surface area contributed by atoms with E-state index in [-0.39, 0.29) is 5.97 Å². The average molecular weight is 427 g/mol. The summed E-state index contributed by atoms with van der Waals surface area (Å²) >= 11 is 7.53. The van der Waals surface area contributed by atoms with Crippen LogP contribution in [0.5, 0.6) is 0 Å². The molecule has 0 bridgehead atoms. The number of hydrogen-bond donors (Lipinski definition) is 0. The number of rotatable bonds is 5. The summed E-state index contributed by atoms with van der Waals surface area (Å²) in [5.74, 6) is 0.497. The summed E-state index contributed by atoms with van der Waals surface area (Å²) < 4.78 is 6.77. The number of pyridine rings is 1. The number of esters is 1.